The third-order valence-electron chi connectivity index (χ3n) is 2.74. The molecule has 0 amide bonds. The van der Waals surface area contributed by atoms with Crippen LogP contribution in [0.5, 0.6) is 0 Å². The van der Waals surface area contributed by atoms with E-state index in [2.05, 4.69) is 41.3 Å². The maximum atomic E-state index is 4.23. The second kappa shape index (κ2) is 6.56. The summed E-state index contributed by atoms with van der Waals surface area (Å²) < 4.78 is 0. The van der Waals surface area contributed by atoms with Crippen LogP contribution in [-0.4, -0.2) is 21.7 Å². The lowest BCUT2D eigenvalue weighted by atomic mass is 9.99. The number of H-pyrrole nitrogens is 1. The van der Waals surface area contributed by atoms with E-state index in [1.807, 2.05) is 0 Å². The Morgan fingerprint density at radius 3 is 2.80 bits per heavy atom. The van der Waals surface area contributed by atoms with E-state index in [-0.39, 0.29) is 0 Å². The fourth-order valence-corrected chi connectivity index (χ4v) is 1.56. The van der Waals surface area contributed by atoms with Gasteiger partial charge in [-0.15, -0.1) is 0 Å². The first-order valence-corrected chi connectivity index (χ1v) is 5.86. The van der Waals surface area contributed by atoms with Gasteiger partial charge in [-0.3, -0.25) is 5.10 Å². The van der Waals surface area contributed by atoms with Crippen LogP contribution in [0.15, 0.2) is 6.33 Å². The van der Waals surface area contributed by atoms with Gasteiger partial charge in [-0.2, -0.15) is 5.10 Å². The largest absolute Gasteiger partial charge is 0.307 e. The summed E-state index contributed by atoms with van der Waals surface area (Å²) in [4.78, 5) is 4.23. The highest BCUT2D eigenvalue weighted by Gasteiger charge is 2.15. The minimum absolute atomic E-state index is 0.322. The fraction of sp³-hybridized carbons (Fsp3) is 0.818. The van der Waals surface area contributed by atoms with E-state index in [9.17, 15) is 0 Å². The van der Waals surface area contributed by atoms with E-state index in [0.717, 1.165) is 25.2 Å². The van der Waals surface area contributed by atoms with E-state index < -0.39 is 0 Å². The molecule has 15 heavy (non-hydrogen) atoms. The molecular weight excluding hydrogens is 188 g/mol. The molecule has 2 atom stereocenters. The van der Waals surface area contributed by atoms with E-state index in [0.29, 0.717) is 12.0 Å². The first-order chi connectivity index (χ1) is 7.27. The molecule has 0 aliphatic carbocycles. The Bertz CT molecular complexity index is 245. The molecule has 0 bridgehead atoms. The third-order valence-corrected chi connectivity index (χ3v) is 2.74. The Balaban J connectivity index is 2.53. The van der Waals surface area contributed by atoms with E-state index in [1.54, 1.807) is 6.33 Å². The highest BCUT2D eigenvalue weighted by molar-refractivity contribution is 4.91. The van der Waals surface area contributed by atoms with Crippen LogP contribution in [0.2, 0.25) is 0 Å². The number of nitrogens with one attached hydrogen (secondary N) is 2. The molecule has 0 aliphatic heterocycles. The van der Waals surface area contributed by atoms with Crippen molar-refractivity contribution in [1.29, 1.82) is 0 Å². The van der Waals surface area contributed by atoms with Gasteiger partial charge in [0.05, 0.1) is 6.04 Å². The summed E-state index contributed by atoms with van der Waals surface area (Å²) in [5.41, 5.74) is 0. The van der Waals surface area contributed by atoms with Crippen LogP contribution in [0.3, 0.4) is 0 Å². The maximum Gasteiger partial charge on any atom is 0.141 e. The summed E-state index contributed by atoms with van der Waals surface area (Å²) in [7, 11) is 0. The topological polar surface area (TPSA) is 53.6 Å². The summed E-state index contributed by atoms with van der Waals surface area (Å²) in [6.07, 6.45) is 5.04. The lowest BCUT2D eigenvalue weighted by molar-refractivity contribution is 0.390. The smallest absolute Gasteiger partial charge is 0.141 e. The Kier molecular flexibility index (Phi) is 5.32. The van der Waals surface area contributed by atoms with Crippen LogP contribution >= 0.6 is 0 Å². The van der Waals surface area contributed by atoms with Gasteiger partial charge in [0.15, 0.2) is 0 Å². The SMILES string of the molecule is CCCNC(CC(C)CC)c1ncn[nH]1. The number of hydrogen-bond acceptors (Lipinski definition) is 3. The second-order valence-electron chi connectivity index (χ2n) is 4.13. The summed E-state index contributed by atoms with van der Waals surface area (Å²) in [5, 5.41) is 10.4. The van der Waals surface area contributed by atoms with Crippen molar-refractivity contribution >= 4 is 0 Å². The minimum atomic E-state index is 0.322. The highest BCUT2D eigenvalue weighted by atomic mass is 15.2. The molecule has 1 aromatic rings. The van der Waals surface area contributed by atoms with Crippen molar-refractivity contribution in [3.05, 3.63) is 12.2 Å². The van der Waals surface area contributed by atoms with Crippen LogP contribution in [0, 0.1) is 5.92 Å². The summed E-state index contributed by atoms with van der Waals surface area (Å²) in [6.45, 7) is 7.70. The molecule has 0 fully saturated rings. The molecule has 86 valence electrons. The third kappa shape index (κ3) is 4.00. The van der Waals surface area contributed by atoms with Gasteiger partial charge in [0, 0.05) is 0 Å². The lowest BCUT2D eigenvalue weighted by Crippen LogP contribution is -2.25. The molecule has 2 N–H and O–H groups in total. The van der Waals surface area contributed by atoms with E-state index in [1.165, 1.54) is 6.42 Å². The minimum Gasteiger partial charge on any atom is -0.307 e. The van der Waals surface area contributed by atoms with Gasteiger partial charge in [-0.1, -0.05) is 27.2 Å². The molecule has 4 nitrogen and oxygen atoms in total. The Labute approximate surface area is 91.9 Å². The van der Waals surface area contributed by atoms with Gasteiger partial charge in [0.25, 0.3) is 0 Å². The van der Waals surface area contributed by atoms with Crippen molar-refractivity contribution in [2.45, 2.75) is 46.1 Å². The molecule has 0 radical (unpaired) electrons. The van der Waals surface area contributed by atoms with Crippen molar-refractivity contribution in [3.8, 4) is 0 Å². The fourth-order valence-electron chi connectivity index (χ4n) is 1.56. The van der Waals surface area contributed by atoms with Gasteiger partial charge < -0.3 is 5.32 Å². The quantitative estimate of drug-likeness (QED) is 0.726. The molecule has 0 aliphatic rings. The predicted octanol–water partition coefficient (Wildman–Crippen LogP) is 2.28. The van der Waals surface area contributed by atoms with Crippen LogP contribution in [-0.2, 0) is 0 Å². The summed E-state index contributed by atoms with van der Waals surface area (Å²) in [6, 6.07) is 0.322. The Morgan fingerprint density at radius 2 is 2.27 bits per heavy atom. The number of nitrogens with zero attached hydrogens (tertiary/aromatic N) is 2. The zero-order chi connectivity index (χ0) is 11.1. The van der Waals surface area contributed by atoms with Crippen molar-refractivity contribution in [2.75, 3.05) is 6.54 Å². The normalized spacial score (nSPS) is 15.1. The van der Waals surface area contributed by atoms with Gasteiger partial charge in [-0.05, 0) is 25.3 Å². The molecule has 0 spiro atoms. The van der Waals surface area contributed by atoms with Crippen LogP contribution in [0.4, 0.5) is 0 Å². The molecule has 1 rings (SSSR count). The van der Waals surface area contributed by atoms with Gasteiger partial charge in [0.1, 0.15) is 12.2 Å². The van der Waals surface area contributed by atoms with E-state index in [4.69, 9.17) is 0 Å². The number of aromatic amines is 1. The van der Waals surface area contributed by atoms with Gasteiger partial charge in [0.2, 0.25) is 0 Å². The maximum absolute atomic E-state index is 4.23. The molecule has 0 saturated carbocycles. The molecule has 4 heteroatoms. The Morgan fingerprint density at radius 1 is 1.47 bits per heavy atom. The Hall–Kier alpha value is -0.900. The van der Waals surface area contributed by atoms with Crippen molar-refractivity contribution in [2.24, 2.45) is 5.92 Å². The van der Waals surface area contributed by atoms with Gasteiger partial charge >= 0.3 is 0 Å². The van der Waals surface area contributed by atoms with Crippen LogP contribution < -0.4 is 5.32 Å². The zero-order valence-electron chi connectivity index (χ0n) is 9.95. The second-order valence-corrected chi connectivity index (χ2v) is 4.13. The first kappa shape index (κ1) is 12.2. The number of rotatable bonds is 7. The molecule has 0 saturated heterocycles. The lowest BCUT2D eigenvalue weighted by Gasteiger charge is -2.19. The molecule has 2 unspecified atom stereocenters. The van der Waals surface area contributed by atoms with Gasteiger partial charge in [-0.25, -0.2) is 4.98 Å². The average molecular weight is 210 g/mol. The molecule has 1 heterocycles. The number of aromatic nitrogens is 3. The average Bonchev–Trinajstić information content (AvgIpc) is 2.77. The molecule has 0 aromatic carbocycles. The van der Waals surface area contributed by atoms with Crippen LogP contribution in [0.1, 0.15) is 51.9 Å². The standard InChI is InChI=1S/C11H22N4/c1-4-6-12-10(7-9(3)5-2)11-13-8-14-15-11/h8-10,12H,4-7H2,1-3H3,(H,13,14,15). The first-order valence-electron chi connectivity index (χ1n) is 5.86. The highest BCUT2D eigenvalue weighted by Crippen LogP contribution is 2.19. The van der Waals surface area contributed by atoms with Crippen LogP contribution in [0.25, 0.3) is 0 Å². The zero-order valence-corrected chi connectivity index (χ0v) is 9.95. The summed E-state index contributed by atoms with van der Waals surface area (Å²) >= 11 is 0. The van der Waals surface area contributed by atoms with Crippen molar-refractivity contribution < 1.29 is 0 Å². The van der Waals surface area contributed by atoms with E-state index >= 15 is 0 Å². The predicted molar refractivity (Wildman–Crippen MR) is 61.5 cm³/mol. The molecular formula is C11H22N4. The van der Waals surface area contributed by atoms with Crippen molar-refractivity contribution in [3.63, 3.8) is 0 Å². The summed E-state index contributed by atoms with van der Waals surface area (Å²) in [5.74, 6) is 1.67. The van der Waals surface area contributed by atoms with Crippen molar-refractivity contribution in [1.82, 2.24) is 20.5 Å². The monoisotopic (exact) mass is 210 g/mol. The molecule has 1 aromatic heterocycles. The number of hydrogen-bond donors (Lipinski definition) is 2.